The lowest BCUT2D eigenvalue weighted by atomic mass is 10.0. The summed E-state index contributed by atoms with van der Waals surface area (Å²) in [6.45, 7) is 0.278. The maximum Gasteiger partial charge on any atom is 0.213 e. The molecule has 0 unspecified atom stereocenters. The number of para-hydroxylation sites is 2. The van der Waals surface area contributed by atoms with Gasteiger partial charge < -0.3 is 14.2 Å². The standard InChI is InChI=1S/C12H16N4O3/c1-17-7-12(8-18-2)11(13)16(15-14)9-5-3-4-6-10(9)19-12/h3-6,13-14H,7-8H2,1-2H3. The fraction of sp³-hybridized carbons (Fsp3) is 0.417. The van der Waals surface area contributed by atoms with Crippen molar-refractivity contribution in [3.8, 4) is 5.75 Å². The summed E-state index contributed by atoms with van der Waals surface area (Å²) in [6, 6.07) is 7.12. The van der Waals surface area contributed by atoms with E-state index in [1.54, 1.807) is 18.2 Å². The third-order valence-electron chi connectivity index (χ3n) is 2.90. The molecule has 0 amide bonds. The SMILES string of the molecule is COCC1(COC)Oc2ccccc2N(N=N)C1=N. The molecule has 1 aliphatic rings. The Bertz CT molecular complexity index is 486. The lowest BCUT2D eigenvalue weighted by Crippen LogP contribution is -2.59. The highest BCUT2D eigenvalue weighted by molar-refractivity contribution is 6.04. The molecule has 1 aliphatic heterocycles. The molecule has 1 heterocycles. The minimum atomic E-state index is -1.09. The Labute approximate surface area is 111 Å². The minimum absolute atomic E-state index is 0.0184. The van der Waals surface area contributed by atoms with Crippen LogP contribution >= 0.6 is 0 Å². The molecule has 102 valence electrons. The van der Waals surface area contributed by atoms with Crippen molar-refractivity contribution in [1.82, 2.24) is 0 Å². The van der Waals surface area contributed by atoms with Crippen molar-refractivity contribution in [3.05, 3.63) is 24.3 Å². The topological polar surface area (TPSA) is 91.0 Å². The third kappa shape index (κ3) is 2.18. The van der Waals surface area contributed by atoms with E-state index in [1.165, 1.54) is 19.2 Å². The normalized spacial score (nSPS) is 16.7. The first-order valence-electron chi connectivity index (χ1n) is 5.71. The van der Waals surface area contributed by atoms with Gasteiger partial charge in [0, 0.05) is 14.2 Å². The summed E-state index contributed by atoms with van der Waals surface area (Å²) in [6.07, 6.45) is 0. The molecule has 0 aromatic heterocycles. The van der Waals surface area contributed by atoms with Crippen LogP contribution in [0.1, 0.15) is 0 Å². The fourth-order valence-electron chi connectivity index (χ4n) is 2.10. The molecule has 0 saturated heterocycles. The fourth-order valence-corrected chi connectivity index (χ4v) is 2.10. The Kier molecular flexibility index (Phi) is 3.77. The van der Waals surface area contributed by atoms with Gasteiger partial charge in [0.1, 0.15) is 11.4 Å². The van der Waals surface area contributed by atoms with Crippen LogP contribution in [0.4, 0.5) is 5.69 Å². The zero-order chi connectivity index (χ0) is 13.9. The van der Waals surface area contributed by atoms with E-state index in [4.69, 9.17) is 25.2 Å². The van der Waals surface area contributed by atoms with Gasteiger partial charge in [0.2, 0.25) is 5.60 Å². The molecule has 7 nitrogen and oxygen atoms in total. The van der Waals surface area contributed by atoms with Crippen molar-refractivity contribution < 1.29 is 14.2 Å². The smallest absolute Gasteiger partial charge is 0.213 e. The van der Waals surface area contributed by atoms with E-state index in [-0.39, 0.29) is 19.0 Å². The van der Waals surface area contributed by atoms with E-state index in [2.05, 4.69) is 5.22 Å². The van der Waals surface area contributed by atoms with Crippen molar-refractivity contribution in [2.45, 2.75) is 5.60 Å². The van der Waals surface area contributed by atoms with E-state index in [1.807, 2.05) is 6.07 Å². The first-order chi connectivity index (χ1) is 9.18. The Morgan fingerprint density at radius 2 is 1.89 bits per heavy atom. The summed E-state index contributed by atoms with van der Waals surface area (Å²) < 4.78 is 16.2. The van der Waals surface area contributed by atoms with Crippen molar-refractivity contribution in [2.75, 3.05) is 32.4 Å². The number of fused-ring (bicyclic) bond motifs is 1. The quantitative estimate of drug-likeness (QED) is 0.794. The predicted octanol–water partition coefficient (Wildman–Crippen LogP) is 1.84. The van der Waals surface area contributed by atoms with E-state index >= 15 is 0 Å². The molecule has 0 fully saturated rings. The number of hydrogen-bond acceptors (Lipinski definition) is 6. The molecule has 2 N–H and O–H groups in total. The number of rotatable bonds is 5. The van der Waals surface area contributed by atoms with Crippen molar-refractivity contribution >= 4 is 11.5 Å². The molecule has 19 heavy (non-hydrogen) atoms. The molecular formula is C12H16N4O3. The predicted molar refractivity (Wildman–Crippen MR) is 68.9 cm³/mol. The van der Waals surface area contributed by atoms with E-state index < -0.39 is 5.60 Å². The van der Waals surface area contributed by atoms with Gasteiger partial charge in [-0.1, -0.05) is 17.4 Å². The maximum atomic E-state index is 8.22. The molecule has 0 radical (unpaired) electrons. The summed E-state index contributed by atoms with van der Waals surface area (Å²) >= 11 is 0. The molecule has 2 rings (SSSR count). The van der Waals surface area contributed by atoms with Gasteiger partial charge in [0.15, 0.2) is 5.84 Å². The van der Waals surface area contributed by atoms with Gasteiger partial charge in [0.05, 0.1) is 13.2 Å². The molecule has 0 aliphatic carbocycles. The van der Waals surface area contributed by atoms with Gasteiger partial charge in [-0.2, -0.15) is 10.5 Å². The van der Waals surface area contributed by atoms with Crippen LogP contribution in [0.2, 0.25) is 0 Å². The summed E-state index contributed by atoms with van der Waals surface area (Å²) in [4.78, 5) is 0. The largest absolute Gasteiger partial charge is 0.472 e. The van der Waals surface area contributed by atoms with Crippen molar-refractivity contribution in [3.63, 3.8) is 0 Å². The molecular weight excluding hydrogens is 248 g/mol. The second kappa shape index (κ2) is 5.33. The Balaban J connectivity index is 2.49. The second-order valence-electron chi connectivity index (χ2n) is 4.19. The second-order valence-corrected chi connectivity index (χ2v) is 4.19. The first kappa shape index (κ1) is 13.4. The van der Waals surface area contributed by atoms with Crippen LogP contribution in [0.3, 0.4) is 0 Å². The number of ether oxygens (including phenoxy) is 3. The first-order valence-corrected chi connectivity index (χ1v) is 5.71. The zero-order valence-corrected chi connectivity index (χ0v) is 10.8. The van der Waals surface area contributed by atoms with Gasteiger partial charge in [-0.25, -0.2) is 0 Å². The molecule has 0 bridgehead atoms. The van der Waals surface area contributed by atoms with Crippen molar-refractivity contribution in [1.29, 1.82) is 10.9 Å². The van der Waals surface area contributed by atoms with E-state index in [0.717, 1.165) is 0 Å². The van der Waals surface area contributed by atoms with Crippen LogP contribution in [0.5, 0.6) is 5.75 Å². The van der Waals surface area contributed by atoms with Crippen LogP contribution in [-0.4, -0.2) is 38.9 Å². The average Bonchev–Trinajstić information content (AvgIpc) is 2.41. The van der Waals surface area contributed by atoms with Gasteiger partial charge in [-0.05, 0) is 12.1 Å². The van der Waals surface area contributed by atoms with Crippen LogP contribution < -0.4 is 9.75 Å². The number of amidine groups is 1. The summed E-state index contributed by atoms with van der Waals surface area (Å²) in [5, 5.41) is 12.8. The number of hydrogen-bond donors (Lipinski definition) is 2. The Hall–Kier alpha value is -1.99. The monoisotopic (exact) mass is 264 g/mol. The van der Waals surface area contributed by atoms with Gasteiger partial charge in [-0.3, -0.25) is 5.41 Å². The van der Waals surface area contributed by atoms with Gasteiger partial charge in [-0.15, -0.1) is 0 Å². The van der Waals surface area contributed by atoms with E-state index in [0.29, 0.717) is 11.4 Å². The molecule has 1 aromatic carbocycles. The Morgan fingerprint density at radius 3 is 2.47 bits per heavy atom. The number of nitrogens with zero attached hydrogens (tertiary/aromatic N) is 2. The third-order valence-corrected chi connectivity index (χ3v) is 2.90. The highest BCUT2D eigenvalue weighted by atomic mass is 16.6. The number of methoxy groups -OCH3 is 2. The summed E-state index contributed by atoms with van der Waals surface area (Å²) in [5.41, 5.74) is 6.74. The number of nitrogens with one attached hydrogen (secondary N) is 2. The highest BCUT2D eigenvalue weighted by Crippen LogP contribution is 2.38. The minimum Gasteiger partial charge on any atom is -0.472 e. The molecule has 0 atom stereocenters. The van der Waals surface area contributed by atoms with Crippen LogP contribution in [0.25, 0.3) is 0 Å². The molecule has 1 aromatic rings. The zero-order valence-electron chi connectivity index (χ0n) is 10.8. The van der Waals surface area contributed by atoms with Crippen LogP contribution in [0, 0.1) is 10.9 Å². The van der Waals surface area contributed by atoms with Crippen LogP contribution in [0.15, 0.2) is 29.5 Å². The average molecular weight is 264 g/mol. The highest BCUT2D eigenvalue weighted by Gasteiger charge is 2.46. The molecule has 7 heteroatoms. The number of anilines is 1. The summed E-state index contributed by atoms with van der Waals surface area (Å²) in [7, 11) is 3.05. The van der Waals surface area contributed by atoms with E-state index in [9.17, 15) is 0 Å². The van der Waals surface area contributed by atoms with Gasteiger partial charge >= 0.3 is 0 Å². The number of benzene rings is 1. The molecule has 0 spiro atoms. The van der Waals surface area contributed by atoms with Crippen LogP contribution in [-0.2, 0) is 9.47 Å². The lowest BCUT2D eigenvalue weighted by Gasteiger charge is -2.41. The maximum absolute atomic E-state index is 8.22. The molecule has 0 saturated carbocycles. The summed E-state index contributed by atoms with van der Waals surface area (Å²) in [5.74, 6) is 0.563. The lowest BCUT2D eigenvalue weighted by molar-refractivity contribution is -0.0176. The Morgan fingerprint density at radius 1 is 1.26 bits per heavy atom. The van der Waals surface area contributed by atoms with Crippen molar-refractivity contribution in [2.24, 2.45) is 5.22 Å². The van der Waals surface area contributed by atoms with Gasteiger partial charge in [0.25, 0.3) is 0 Å².